The van der Waals surface area contributed by atoms with Gasteiger partial charge >= 0.3 is 12.4 Å². The molecule has 2 heterocycles. The molecule has 2 aromatic heterocycles. The molecule has 0 spiro atoms. The average Bonchev–Trinajstić information content (AvgIpc) is 2.69. The van der Waals surface area contributed by atoms with Gasteiger partial charge in [0.15, 0.2) is 11.5 Å². The van der Waals surface area contributed by atoms with Crippen LogP contribution in [0.2, 0.25) is 5.02 Å². The molecule has 0 amide bonds. The summed E-state index contributed by atoms with van der Waals surface area (Å²) in [4.78, 5) is 3.30. The summed E-state index contributed by atoms with van der Waals surface area (Å²) in [6.07, 6.45) is -8.52. The lowest BCUT2D eigenvalue weighted by Gasteiger charge is -2.13. The number of hydrogen-bond donors (Lipinski definition) is 1. The molecule has 0 aromatic carbocycles. The highest BCUT2D eigenvalue weighted by molar-refractivity contribution is 6.32. The molecule has 0 fully saturated rings. The summed E-state index contributed by atoms with van der Waals surface area (Å²) >= 11 is 5.57. The van der Waals surface area contributed by atoms with E-state index in [-0.39, 0.29) is 4.68 Å². The van der Waals surface area contributed by atoms with Crippen LogP contribution in [0.15, 0.2) is 18.5 Å². The molecule has 0 saturated carbocycles. The van der Waals surface area contributed by atoms with Crippen LogP contribution < -0.4 is 5.73 Å². The van der Waals surface area contributed by atoms with E-state index in [0.29, 0.717) is 18.5 Å². The van der Waals surface area contributed by atoms with Crippen molar-refractivity contribution >= 4 is 17.3 Å². The summed E-state index contributed by atoms with van der Waals surface area (Å²) in [7, 11) is 0. The number of nitrogens with zero attached hydrogens (tertiary/aromatic N) is 3. The molecule has 2 aromatic rings. The molecule has 0 atom stereocenters. The van der Waals surface area contributed by atoms with Crippen LogP contribution in [0.5, 0.6) is 0 Å². The van der Waals surface area contributed by atoms with Gasteiger partial charge in [-0.25, -0.2) is 9.67 Å². The molecule has 114 valence electrons. The number of hydrogen-bond acceptors (Lipinski definition) is 3. The van der Waals surface area contributed by atoms with E-state index in [1.807, 2.05) is 0 Å². The highest BCUT2D eigenvalue weighted by Crippen LogP contribution is 2.37. The second-order valence-electron chi connectivity index (χ2n) is 3.89. The molecule has 21 heavy (non-hydrogen) atoms. The molecular formula is C10H5ClF6N4. The Labute approximate surface area is 118 Å². The first-order valence-corrected chi connectivity index (χ1v) is 5.53. The molecule has 2 rings (SSSR count). The fraction of sp³-hybridized carbons (Fsp3) is 0.200. The summed E-state index contributed by atoms with van der Waals surface area (Å²) in [6.45, 7) is 0. The van der Waals surface area contributed by atoms with Gasteiger partial charge in [0.1, 0.15) is 0 Å². The van der Waals surface area contributed by atoms with Gasteiger partial charge in [-0.05, 0) is 6.07 Å². The first-order valence-electron chi connectivity index (χ1n) is 5.15. The average molecular weight is 331 g/mol. The fourth-order valence-corrected chi connectivity index (χ4v) is 1.79. The van der Waals surface area contributed by atoms with Crippen molar-refractivity contribution in [2.24, 2.45) is 0 Å². The number of halogens is 7. The zero-order chi connectivity index (χ0) is 16.0. The molecule has 4 nitrogen and oxygen atoms in total. The molecule has 11 heteroatoms. The van der Waals surface area contributed by atoms with E-state index in [0.717, 1.165) is 0 Å². The third-order valence-electron chi connectivity index (χ3n) is 2.42. The van der Waals surface area contributed by atoms with Crippen LogP contribution in [-0.4, -0.2) is 14.8 Å². The fourth-order valence-electron chi connectivity index (χ4n) is 1.55. The van der Waals surface area contributed by atoms with E-state index in [1.165, 1.54) is 0 Å². The topological polar surface area (TPSA) is 56.7 Å². The van der Waals surface area contributed by atoms with Gasteiger partial charge in [-0.15, -0.1) is 0 Å². The van der Waals surface area contributed by atoms with Crippen molar-refractivity contribution in [1.29, 1.82) is 0 Å². The Morgan fingerprint density at radius 2 is 1.67 bits per heavy atom. The first-order chi connectivity index (χ1) is 9.51. The number of aromatic nitrogens is 3. The number of anilines is 1. The van der Waals surface area contributed by atoms with Crippen molar-refractivity contribution < 1.29 is 26.3 Å². The SMILES string of the molecule is Nc1cnn(-c2ncc(C(F)(F)F)cc2Cl)c1C(F)(F)F. The monoisotopic (exact) mass is 330 g/mol. The molecule has 2 N–H and O–H groups in total. The Hall–Kier alpha value is -1.97. The van der Waals surface area contributed by atoms with Crippen molar-refractivity contribution in [2.75, 3.05) is 5.73 Å². The minimum atomic E-state index is -4.87. The zero-order valence-electron chi connectivity index (χ0n) is 9.80. The number of nitrogen functional groups attached to an aromatic ring is 1. The van der Waals surface area contributed by atoms with Crippen LogP contribution in [-0.2, 0) is 12.4 Å². The largest absolute Gasteiger partial charge is 0.435 e. The van der Waals surface area contributed by atoms with E-state index in [9.17, 15) is 26.3 Å². The number of pyridine rings is 1. The Kier molecular flexibility index (Phi) is 3.52. The van der Waals surface area contributed by atoms with E-state index >= 15 is 0 Å². The van der Waals surface area contributed by atoms with Gasteiger partial charge in [0.05, 0.1) is 22.5 Å². The highest BCUT2D eigenvalue weighted by atomic mass is 35.5. The predicted octanol–water partition coefficient (Wildman–Crippen LogP) is 3.54. The van der Waals surface area contributed by atoms with Crippen LogP contribution in [0.3, 0.4) is 0 Å². The second kappa shape index (κ2) is 4.79. The molecule has 0 saturated heterocycles. The minimum Gasteiger partial charge on any atom is -0.396 e. The van der Waals surface area contributed by atoms with Crippen LogP contribution in [0, 0.1) is 0 Å². The maximum atomic E-state index is 12.8. The summed E-state index contributed by atoms with van der Waals surface area (Å²) < 4.78 is 76.1. The smallest absolute Gasteiger partial charge is 0.396 e. The summed E-state index contributed by atoms with van der Waals surface area (Å²) in [5, 5.41) is 2.71. The Bertz CT molecular complexity index is 675. The summed E-state index contributed by atoms with van der Waals surface area (Å²) in [5.41, 5.74) is 1.91. The minimum absolute atomic E-state index is 0.248. The van der Waals surface area contributed by atoms with Gasteiger partial charge in [-0.1, -0.05) is 11.6 Å². The van der Waals surface area contributed by atoms with Crippen molar-refractivity contribution in [3.63, 3.8) is 0 Å². The quantitative estimate of drug-likeness (QED) is 0.814. The Balaban J connectivity index is 2.60. The van der Waals surface area contributed by atoms with E-state index in [1.54, 1.807) is 0 Å². The Morgan fingerprint density at radius 1 is 1.05 bits per heavy atom. The van der Waals surface area contributed by atoms with Crippen LogP contribution >= 0.6 is 11.6 Å². The maximum Gasteiger partial charge on any atom is 0.435 e. The first kappa shape index (κ1) is 15.4. The summed E-state index contributed by atoms with van der Waals surface area (Å²) in [6, 6.07) is 0.460. The third kappa shape index (κ3) is 2.89. The molecule has 0 aliphatic heterocycles. The number of alkyl halides is 6. The standard InChI is InChI=1S/C10H5ClF6N4/c11-5-1-4(9(12,13)14)2-19-8(5)21-7(10(15,16)17)6(18)3-20-21/h1-3H,18H2. The predicted molar refractivity (Wildman–Crippen MR) is 60.8 cm³/mol. The van der Waals surface area contributed by atoms with Crippen molar-refractivity contribution in [3.8, 4) is 5.82 Å². The highest BCUT2D eigenvalue weighted by Gasteiger charge is 2.39. The lowest BCUT2D eigenvalue weighted by atomic mass is 10.2. The summed E-state index contributed by atoms with van der Waals surface area (Å²) in [5.74, 6) is -0.603. The van der Waals surface area contributed by atoms with Crippen molar-refractivity contribution in [2.45, 2.75) is 12.4 Å². The van der Waals surface area contributed by atoms with Gasteiger partial charge in [0.2, 0.25) is 0 Å². The molecule has 0 aliphatic rings. The second-order valence-corrected chi connectivity index (χ2v) is 4.29. The van der Waals surface area contributed by atoms with Crippen molar-refractivity contribution in [1.82, 2.24) is 14.8 Å². The van der Waals surface area contributed by atoms with Gasteiger partial charge in [0, 0.05) is 6.20 Å². The number of rotatable bonds is 1. The van der Waals surface area contributed by atoms with Gasteiger partial charge in [-0.3, -0.25) is 0 Å². The molecule has 0 bridgehead atoms. The third-order valence-corrected chi connectivity index (χ3v) is 2.69. The Morgan fingerprint density at radius 3 is 2.14 bits per heavy atom. The molecular weight excluding hydrogens is 326 g/mol. The van der Waals surface area contributed by atoms with Crippen LogP contribution in [0.25, 0.3) is 5.82 Å². The molecule has 0 unspecified atom stereocenters. The number of nitrogens with two attached hydrogens (primary N) is 1. The lowest BCUT2D eigenvalue weighted by molar-refractivity contribution is -0.142. The van der Waals surface area contributed by atoms with Crippen LogP contribution in [0.4, 0.5) is 32.0 Å². The van der Waals surface area contributed by atoms with E-state index < -0.39 is 40.1 Å². The normalized spacial score (nSPS) is 12.7. The van der Waals surface area contributed by atoms with Gasteiger partial charge in [-0.2, -0.15) is 31.4 Å². The van der Waals surface area contributed by atoms with Gasteiger partial charge < -0.3 is 5.73 Å². The van der Waals surface area contributed by atoms with Gasteiger partial charge in [0.25, 0.3) is 0 Å². The van der Waals surface area contributed by atoms with E-state index in [2.05, 4.69) is 10.1 Å². The maximum absolute atomic E-state index is 12.8. The van der Waals surface area contributed by atoms with Crippen molar-refractivity contribution in [3.05, 3.63) is 34.7 Å². The molecule has 0 aliphatic carbocycles. The zero-order valence-corrected chi connectivity index (χ0v) is 10.6. The van der Waals surface area contributed by atoms with E-state index in [4.69, 9.17) is 17.3 Å². The van der Waals surface area contributed by atoms with Crippen LogP contribution in [0.1, 0.15) is 11.3 Å². The lowest BCUT2D eigenvalue weighted by Crippen LogP contribution is -2.17. The molecule has 0 radical (unpaired) electrons.